The van der Waals surface area contributed by atoms with Crippen LogP contribution in [0.15, 0.2) is 59.5 Å². The Morgan fingerprint density at radius 3 is 2.61 bits per heavy atom. The first-order valence-electron chi connectivity index (χ1n) is 14.3. The maximum Gasteiger partial charge on any atom is 0.407 e. The molecule has 3 aliphatic rings. The molecular weight excluding hydrogens is 550 g/mol. The lowest BCUT2D eigenvalue weighted by molar-refractivity contribution is -0.152. The van der Waals surface area contributed by atoms with Crippen molar-refractivity contribution in [2.75, 3.05) is 25.5 Å². The van der Waals surface area contributed by atoms with Crippen molar-refractivity contribution in [3.63, 3.8) is 0 Å². The van der Waals surface area contributed by atoms with Crippen molar-refractivity contribution in [2.45, 2.75) is 80.5 Å². The van der Waals surface area contributed by atoms with E-state index >= 15 is 0 Å². The number of aliphatic hydroxyl groups excluding tert-OH is 1. The van der Waals surface area contributed by atoms with Gasteiger partial charge in [0.05, 0.1) is 36.3 Å². The smallest absolute Gasteiger partial charge is 0.407 e. The Hall–Kier alpha value is -2.74. The lowest BCUT2D eigenvalue weighted by Crippen LogP contribution is -2.51. The lowest BCUT2D eigenvalue weighted by Gasteiger charge is -2.31. The fourth-order valence-corrected chi connectivity index (χ4v) is 7.01. The molecule has 2 saturated heterocycles. The summed E-state index contributed by atoms with van der Waals surface area (Å²) in [5.41, 5.74) is 7.01. The average Bonchev–Trinajstić information content (AvgIpc) is 3.63. The van der Waals surface area contributed by atoms with Crippen LogP contribution in [0, 0.1) is 5.92 Å². The number of nitrogens with zero attached hydrogens (tertiary/aromatic N) is 1. The molecule has 11 nitrogen and oxygen atoms in total. The minimum Gasteiger partial charge on any atom is -0.443 e. The van der Waals surface area contributed by atoms with Gasteiger partial charge >= 0.3 is 6.09 Å². The van der Waals surface area contributed by atoms with Crippen molar-refractivity contribution in [1.29, 1.82) is 0 Å². The highest BCUT2D eigenvalue weighted by atomic mass is 32.2. The van der Waals surface area contributed by atoms with Gasteiger partial charge in [-0.25, -0.2) is 13.2 Å². The zero-order chi connectivity index (χ0) is 28.8. The topological polar surface area (TPSA) is 150 Å². The number of nitrogens with one attached hydrogen (secondary N) is 1. The minimum absolute atomic E-state index is 0.0415. The molecule has 224 valence electrons. The van der Waals surface area contributed by atoms with E-state index in [9.17, 15) is 18.3 Å². The summed E-state index contributed by atoms with van der Waals surface area (Å²) < 4.78 is 45.2. The summed E-state index contributed by atoms with van der Waals surface area (Å²) in [6, 6.07) is 14.4. The largest absolute Gasteiger partial charge is 0.443 e. The molecule has 4 N–H and O–H groups in total. The van der Waals surface area contributed by atoms with Gasteiger partial charge in [0.1, 0.15) is 6.10 Å². The van der Waals surface area contributed by atoms with Crippen molar-refractivity contribution in [3.8, 4) is 0 Å². The molecule has 12 heteroatoms. The van der Waals surface area contributed by atoms with Gasteiger partial charge in [0.2, 0.25) is 0 Å². The summed E-state index contributed by atoms with van der Waals surface area (Å²) in [7, 11) is -4.18. The number of nitrogen functional groups attached to an aromatic ring is 1. The maximum absolute atomic E-state index is 13.7. The zero-order valence-corrected chi connectivity index (χ0v) is 23.8. The van der Waals surface area contributed by atoms with E-state index in [1.54, 1.807) is 12.1 Å². The van der Waals surface area contributed by atoms with Crippen LogP contribution in [0.4, 0.5) is 10.5 Å². The summed E-state index contributed by atoms with van der Waals surface area (Å²) in [5, 5.41) is 14.2. The first kappa shape index (κ1) is 29.7. The Bertz CT molecular complexity index is 1260. The number of alkyl carbamates (subject to hydrolysis) is 1. The van der Waals surface area contributed by atoms with Crippen LogP contribution in [0.5, 0.6) is 0 Å². The molecule has 2 aliphatic heterocycles. The number of anilines is 1. The number of nitrogens with two attached hydrogens (primary N) is 1. The summed E-state index contributed by atoms with van der Waals surface area (Å²) in [5.74, 6) is -0.0502. The van der Waals surface area contributed by atoms with E-state index in [1.807, 2.05) is 30.3 Å². The van der Waals surface area contributed by atoms with Crippen molar-refractivity contribution in [1.82, 2.24) is 9.79 Å². The van der Waals surface area contributed by atoms with E-state index in [0.29, 0.717) is 25.1 Å². The molecule has 2 heterocycles. The van der Waals surface area contributed by atoms with Gasteiger partial charge in [0.25, 0.3) is 10.0 Å². The molecule has 1 aliphatic carbocycles. The molecule has 2 aromatic carbocycles. The van der Waals surface area contributed by atoms with Gasteiger partial charge in [-0.05, 0) is 55.9 Å². The van der Waals surface area contributed by atoms with Crippen LogP contribution in [0.1, 0.15) is 44.1 Å². The third-order valence-corrected chi connectivity index (χ3v) is 9.49. The number of fused-ring (bicyclic) bond motifs is 1. The fourth-order valence-electron chi connectivity index (χ4n) is 5.65. The molecule has 0 unspecified atom stereocenters. The Kier molecular flexibility index (Phi) is 9.79. The van der Waals surface area contributed by atoms with E-state index in [0.717, 1.165) is 35.7 Å². The van der Waals surface area contributed by atoms with Gasteiger partial charge in [-0.3, -0.25) is 4.84 Å². The number of carbonyl (C=O) groups excluding carboxylic acids is 1. The van der Waals surface area contributed by atoms with E-state index in [2.05, 4.69) is 5.32 Å². The van der Waals surface area contributed by atoms with E-state index in [-0.39, 0.29) is 36.2 Å². The van der Waals surface area contributed by atoms with E-state index in [4.69, 9.17) is 24.8 Å². The fraction of sp³-hybridized carbons (Fsp3) is 0.552. The molecule has 3 fully saturated rings. The molecule has 1 saturated carbocycles. The van der Waals surface area contributed by atoms with Crippen LogP contribution < -0.4 is 11.1 Å². The summed E-state index contributed by atoms with van der Waals surface area (Å²) in [6.07, 6.45) is 2.03. The normalized spacial score (nSPS) is 24.6. The van der Waals surface area contributed by atoms with E-state index < -0.39 is 40.9 Å². The molecule has 41 heavy (non-hydrogen) atoms. The van der Waals surface area contributed by atoms with Crippen LogP contribution in [-0.4, -0.2) is 74.5 Å². The third-order valence-electron chi connectivity index (χ3n) is 7.87. The number of hydroxylamine groups is 1. The number of hydrogen-bond donors (Lipinski definition) is 3. The van der Waals surface area contributed by atoms with Gasteiger partial charge in [0.15, 0.2) is 6.29 Å². The number of amides is 1. The van der Waals surface area contributed by atoms with Crippen LogP contribution in [0.3, 0.4) is 0 Å². The van der Waals surface area contributed by atoms with Gasteiger partial charge < -0.3 is 30.4 Å². The highest BCUT2D eigenvalue weighted by Gasteiger charge is 2.42. The molecule has 2 aromatic rings. The van der Waals surface area contributed by atoms with Crippen molar-refractivity contribution < 1.29 is 37.4 Å². The van der Waals surface area contributed by atoms with Crippen molar-refractivity contribution >= 4 is 21.8 Å². The molecule has 5 rings (SSSR count). The van der Waals surface area contributed by atoms with Crippen LogP contribution in [0.2, 0.25) is 0 Å². The van der Waals surface area contributed by atoms with Gasteiger partial charge in [-0.2, -0.15) is 0 Å². The second-order valence-electron chi connectivity index (χ2n) is 10.9. The Labute approximate surface area is 240 Å². The first-order chi connectivity index (χ1) is 19.8. The van der Waals surface area contributed by atoms with Crippen molar-refractivity contribution in [3.05, 3.63) is 60.2 Å². The van der Waals surface area contributed by atoms with Crippen molar-refractivity contribution in [2.24, 2.45) is 5.92 Å². The minimum atomic E-state index is -4.18. The molecule has 0 bridgehead atoms. The summed E-state index contributed by atoms with van der Waals surface area (Å²) in [4.78, 5) is 19.0. The van der Waals surface area contributed by atoms with Crippen LogP contribution in [-0.2, 0) is 35.5 Å². The molecule has 5 atom stereocenters. The van der Waals surface area contributed by atoms with E-state index in [1.165, 1.54) is 12.1 Å². The summed E-state index contributed by atoms with van der Waals surface area (Å²) >= 11 is 0. The average molecular weight is 590 g/mol. The molecular formula is C29H39N3O8S. The number of hydrogen-bond acceptors (Lipinski definition) is 9. The number of ether oxygens (including phenoxy) is 3. The standard InChI is InChI=1S/C29H39N3O8S/c30-21-10-6-13-23(17-21)41(35,36)32(40-22-11-4-5-12-22)18-26(33)25(16-20-8-2-1-3-9-20)31-29(34)39-27-19-38-28-24(27)14-7-15-37-28/h1-3,6,8-10,13,17,22,24-28,33H,4-5,7,11-12,14-16,18-19,30H2,(H,31,34)/t24-,25-,26+,27-,28+/m0/s1. The number of benzene rings is 2. The molecule has 0 spiro atoms. The second kappa shape index (κ2) is 13.5. The number of sulfonamides is 1. The Balaban J connectivity index is 1.33. The number of carbonyl (C=O) groups is 1. The monoisotopic (exact) mass is 589 g/mol. The number of rotatable bonds is 11. The molecule has 1 amide bonds. The van der Waals surface area contributed by atoms with Gasteiger partial charge in [-0.1, -0.05) is 53.7 Å². The maximum atomic E-state index is 13.7. The predicted octanol–water partition coefficient (Wildman–Crippen LogP) is 2.98. The Morgan fingerprint density at radius 2 is 1.85 bits per heavy atom. The highest BCUT2D eigenvalue weighted by molar-refractivity contribution is 7.89. The summed E-state index contributed by atoms with van der Waals surface area (Å²) in [6.45, 7) is 0.440. The molecule has 0 radical (unpaired) electrons. The SMILES string of the molecule is Nc1cccc(S(=O)(=O)N(C[C@@H](O)[C@H](Cc2ccccc2)NC(=O)O[C@H]2CO[C@H]3OCCC[C@H]32)OC2CCCC2)c1. The van der Waals surface area contributed by atoms with Gasteiger partial charge in [-0.15, -0.1) is 0 Å². The first-order valence-corrected chi connectivity index (χ1v) is 15.7. The quantitative estimate of drug-likeness (QED) is 0.266. The third kappa shape index (κ3) is 7.56. The van der Waals surface area contributed by atoms with Crippen LogP contribution in [0.25, 0.3) is 0 Å². The molecule has 0 aromatic heterocycles. The second-order valence-corrected chi connectivity index (χ2v) is 12.7. The highest BCUT2D eigenvalue weighted by Crippen LogP contribution is 2.32. The predicted molar refractivity (Wildman–Crippen MR) is 150 cm³/mol. The van der Waals surface area contributed by atoms with Gasteiger partial charge in [0, 0.05) is 18.2 Å². The lowest BCUT2D eigenvalue weighted by atomic mass is 9.97. The number of aliphatic hydroxyl groups is 1. The van der Waals surface area contributed by atoms with Crippen LogP contribution >= 0.6 is 0 Å². The Morgan fingerprint density at radius 1 is 1.07 bits per heavy atom. The zero-order valence-electron chi connectivity index (χ0n) is 23.0.